The van der Waals surface area contributed by atoms with Gasteiger partial charge in [-0.05, 0) is 92.6 Å². The van der Waals surface area contributed by atoms with Gasteiger partial charge in [0.2, 0.25) is 0 Å². The van der Waals surface area contributed by atoms with Crippen molar-refractivity contribution in [2.75, 3.05) is 11.4 Å². The number of aliphatic imine (C=N–C) groups is 1. The van der Waals surface area contributed by atoms with Crippen molar-refractivity contribution in [2.45, 2.75) is 18.1 Å². The highest BCUT2D eigenvalue weighted by atomic mass is 15.2. The van der Waals surface area contributed by atoms with Gasteiger partial charge < -0.3 is 21.7 Å². The maximum absolute atomic E-state index is 6.96. The summed E-state index contributed by atoms with van der Waals surface area (Å²) in [6.07, 6.45) is 6.15. The number of nitrogens with one attached hydrogen (secondary N) is 1. The van der Waals surface area contributed by atoms with Gasteiger partial charge in [-0.1, -0.05) is 158 Å². The summed E-state index contributed by atoms with van der Waals surface area (Å²) in [7, 11) is 0. The molecule has 1 spiro atoms. The summed E-state index contributed by atoms with van der Waals surface area (Å²) >= 11 is 0. The van der Waals surface area contributed by atoms with Gasteiger partial charge >= 0.3 is 0 Å². The Morgan fingerprint density at radius 3 is 1.96 bits per heavy atom. The van der Waals surface area contributed by atoms with Crippen molar-refractivity contribution in [3.05, 3.63) is 239 Å². The molecule has 1 heterocycles. The van der Waals surface area contributed by atoms with Gasteiger partial charge in [-0.25, -0.2) is 0 Å². The first kappa shape index (κ1) is 34.9. The van der Waals surface area contributed by atoms with E-state index in [2.05, 4.69) is 174 Å². The Labute approximate surface area is 329 Å². The highest BCUT2D eigenvalue weighted by Gasteiger charge is 2.50. The van der Waals surface area contributed by atoms with Crippen molar-refractivity contribution in [1.82, 2.24) is 5.32 Å². The third kappa shape index (κ3) is 6.23. The van der Waals surface area contributed by atoms with Crippen LogP contribution in [0, 0.1) is 0 Å². The molecule has 0 saturated carbocycles. The smallest absolute Gasteiger partial charge is 0.130 e. The zero-order valence-electron chi connectivity index (χ0n) is 31.1. The van der Waals surface area contributed by atoms with E-state index in [4.69, 9.17) is 16.5 Å². The van der Waals surface area contributed by atoms with Crippen molar-refractivity contribution < 1.29 is 0 Å². The number of para-hydroxylation sites is 3. The molecule has 0 amide bonds. The van der Waals surface area contributed by atoms with Crippen LogP contribution in [0.3, 0.4) is 0 Å². The molecule has 0 radical (unpaired) electrons. The van der Waals surface area contributed by atoms with Gasteiger partial charge in [-0.3, -0.25) is 4.99 Å². The molecule has 0 aromatic heterocycles. The second-order valence-electron chi connectivity index (χ2n) is 14.3. The lowest BCUT2D eigenvalue weighted by molar-refractivity contribution is 0.679. The van der Waals surface area contributed by atoms with Gasteiger partial charge in [0.15, 0.2) is 0 Å². The van der Waals surface area contributed by atoms with E-state index in [0.717, 1.165) is 50.7 Å². The summed E-state index contributed by atoms with van der Waals surface area (Å²) in [6.45, 7) is 1.01. The van der Waals surface area contributed by atoms with Crippen LogP contribution < -0.4 is 21.7 Å². The zero-order chi connectivity index (χ0) is 37.9. The second kappa shape index (κ2) is 15.2. The van der Waals surface area contributed by atoms with Gasteiger partial charge in [-0.2, -0.15) is 0 Å². The molecule has 1 unspecified atom stereocenters. The molecule has 2 aliphatic rings. The lowest BCUT2D eigenvalue weighted by Crippen LogP contribution is -2.36. The molecule has 272 valence electrons. The Morgan fingerprint density at radius 2 is 1.27 bits per heavy atom. The van der Waals surface area contributed by atoms with Gasteiger partial charge in [0, 0.05) is 17.8 Å². The summed E-state index contributed by atoms with van der Waals surface area (Å²) in [6, 6.07) is 64.2. The molecule has 56 heavy (non-hydrogen) atoms. The van der Waals surface area contributed by atoms with E-state index >= 15 is 0 Å². The minimum Gasteiger partial charge on any atom is -0.351 e. The number of allylic oxidation sites excluding steroid dienone is 2. The summed E-state index contributed by atoms with van der Waals surface area (Å²) in [5, 5.41) is 3.55. The van der Waals surface area contributed by atoms with Gasteiger partial charge in [0.1, 0.15) is 12.0 Å². The fourth-order valence-electron chi connectivity index (χ4n) is 8.40. The first-order valence-corrected chi connectivity index (χ1v) is 19.2. The van der Waals surface area contributed by atoms with Crippen molar-refractivity contribution in [3.8, 4) is 11.1 Å². The van der Waals surface area contributed by atoms with Crippen molar-refractivity contribution in [1.29, 1.82) is 0 Å². The van der Waals surface area contributed by atoms with E-state index in [1.807, 2.05) is 36.4 Å². The molecule has 1 atom stereocenters. The van der Waals surface area contributed by atoms with E-state index in [9.17, 15) is 0 Å². The Balaban J connectivity index is 1.13. The Kier molecular flexibility index (Phi) is 9.46. The normalized spacial score (nSPS) is 14.6. The number of fused-ring (bicyclic) bond motifs is 6. The lowest BCUT2D eigenvalue weighted by Gasteiger charge is -2.45. The third-order valence-corrected chi connectivity index (χ3v) is 10.9. The van der Waals surface area contributed by atoms with Crippen molar-refractivity contribution >= 4 is 29.0 Å². The molecule has 5 nitrogen and oxygen atoms in total. The molecule has 0 fully saturated rings. The minimum absolute atomic E-state index is 0.457. The Morgan fingerprint density at radius 1 is 0.643 bits per heavy atom. The van der Waals surface area contributed by atoms with Gasteiger partial charge in [0.25, 0.3) is 0 Å². The molecule has 9 rings (SSSR count). The standard InChI is InChI=1S/C51H43N5/c52-31-15-22-42-33-40-30-29-39(38-20-14-21-41(32-38)49(53)55-50(37-18-6-2-7-19-37)54-35-36-16-4-1-5-17-36)34-46(40)51(42)44-25-10-12-27-47(44)56(43-23-8-3-9-24-43)48-28-13-11-26-45(48)51/h1-30,32-34,49H,31,35,52-53H2,(H,54,55)/b22-15-. The van der Waals surface area contributed by atoms with Crippen LogP contribution in [0.4, 0.5) is 17.1 Å². The summed E-state index contributed by atoms with van der Waals surface area (Å²) in [5.74, 6) is 0.759. The topological polar surface area (TPSA) is 79.7 Å². The molecule has 5 N–H and O–H groups in total. The monoisotopic (exact) mass is 725 g/mol. The molecule has 5 heteroatoms. The second-order valence-corrected chi connectivity index (χ2v) is 14.3. The fourth-order valence-corrected chi connectivity index (χ4v) is 8.40. The predicted molar refractivity (Wildman–Crippen MR) is 232 cm³/mol. The third-order valence-electron chi connectivity index (χ3n) is 10.9. The number of rotatable bonds is 9. The van der Waals surface area contributed by atoms with E-state index in [-0.39, 0.29) is 0 Å². The van der Waals surface area contributed by atoms with Crippen LogP contribution >= 0.6 is 0 Å². The van der Waals surface area contributed by atoms with Crippen LogP contribution in [0.2, 0.25) is 0 Å². The summed E-state index contributed by atoms with van der Waals surface area (Å²) < 4.78 is 0. The maximum Gasteiger partial charge on any atom is 0.130 e. The molecular weight excluding hydrogens is 683 g/mol. The van der Waals surface area contributed by atoms with Crippen LogP contribution in [0.25, 0.3) is 17.2 Å². The van der Waals surface area contributed by atoms with E-state index in [0.29, 0.717) is 13.1 Å². The highest BCUT2D eigenvalue weighted by molar-refractivity contribution is 5.99. The Bertz CT molecular complexity index is 2540. The minimum atomic E-state index is -0.565. The zero-order valence-corrected chi connectivity index (χ0v) is 31.1. The molecule has 0 bridgehead atoms. The van der Waals surface area contributed by atoms with Crippen LogP contribution in [0.1, 0.15) is 45.1 Å². The fraction of sp³-hybridized carbons (Fsp3) is 0.0784. The maximum atomic E-state index is 6.96. The molecule has 7 aromatic rings. The predicted octanol–water partition coefficient (Wildman–Crippen LogP) is 10.6. The van der Waals surface area contributed by atoms with Crippen LogP contribution in [-0.2, 0) is 12.0 Å². The molecule has 0 saturated heterocycles. The number of anilines is 3. The number of nitrogens with two attached hydrogens (primary N) is 2. The number of hydrogen-bond acceptors (Lipinski definition) is 4. The number of amidine groups is 1. The average Bonchev–Trinajstić information content (AvgIpc) is 3.59. The number of nitrogens with zero attached hydrogens (tertiary/aromatic N) is 2. The molecule has 1 aliphatic heterocycles. The largest absolute Gasteiger partial charge is 0.351 e. The summed E-state index contributed by atoms with van der Waals surface area (Å²) in [4.78, 5) is 7.39. The first-order valence-electron chi connectivity index (χ1n) is 19.2. The summed E-state index contributed by atoms with van der Waals surface area (Å²) in [5.41, 5.74) is 27.4. The van der Waals surface area contributed by atoms with E-state index in [1.54, 1.807) is 0 Å². The molecule has 7 aromatic carbocycles. The van der Waals surface area contributed by atoms with Crippen LogP contribution in [-0.4, -0.2) is 12.4 Å². The van der Waals surface area contributed by atoms with Crippen LogP contribution in [0.15, 0.2) is 205 Å². The Hall–Kier alpha value is -6.79. The van der Waals surface area contributed by atoms with Crippen molar-refractivity contribution in [2.24, 2.45) is 16.5 Å². The van der Waals surface area contributed by atoms with Gasteiger partial charge in [0.05, 0.1) is 23.3 Å². The van der Waals surface area contributed by atoms with Crippen LogP contribution in [0.5, 0.6) is 0 Å². The quantitative estimate of drug-likeness (QED) is 0.0786. The lowest BCUT2D eigenvalue weighted by atomic mass is 9.63. The first-order chi connectivity index (χ1) is 27.6. The van der Waals surface area contributed by atoms with E-state index < -0.39 is 11.6 Å². The molecular formula is C51H43N5. The number of hydrogen-bond donors (Lipinski definition) is 3. The molecule has 1 aliphatic carbocycles. The average molecular weight is 726 g/mol. The van der Waals surface area contributed by atoms with Gasteiger partial charge in [-0.15, -0.1) is 0 Å². The SMILES string of the molecule is NC/C=C\C1=Cc2ccc(-c3cccc(C(N)NC(=NCc4ccccc4)c4ccccc4)c3)cc2C12c1ccccc1N(c1ccccc1)c1ccccc12. The highest BCUT2D eigenvalue weighted by Crippen LogP contribution is 2.61. The van der Waals surface area contributed by atoms with E-state index in [1.165, 1.54) is 27.8 Å². The number of benzene rings is 7. The van der Waals surface area contributed by atoms with Crippen molar-refractivity contribution in [3.63, 3.8) is 0 Å².